The van der Waals surface area contributed by atoms with Crippen LogP contribution < -0.4 is 0 Å². The molecule has 2 aromatic rings. The van der Waals surface area contributed by atoms with Crippen LogP contribution in [0.25, 0.3) is 11.3 Å². The Morgan fingerprint density at radius 3 is 2.82 bits per heavy atom. The summed E-state index contributed by atoms with van der Waals surface area (Å²) in [6.07, 6.45) is 3.16. The molecule has 0 saturated carbocycles. The summed E-state index contributed by atoms with van der Waals surface area (Å²) in [5, 5.41) is 0.360. The lowest BCUT2D eigenvalue weighted by Crippen LogP contribution is -2.06. The van der Waals surface area contributed by atoms with Gasteiger partial charge in [0.1, 0.15) is 17.2 Å². The second-order valence-electron chi connectivity index (χ2n) is 3.44. The number of methoxy groups -OCH3 is 1. The van der Waals surface area contributed by atoms with E-state index in [-0.39, 0.29) is 5.97 Å². The van der Waals surface area contributed by atoms with E-state index < -0.39 is 0 Å². The molecule has 0 aromatic carbocycles. The van der Waals surface area contributed by atoms with Gasteiger partial charge in [-0.05, 0) is 6.07 Å². The molecule has 0 saturated heterocycles. The summed E-state index contributed by atoms with van der Waals surface area (Å²) in [4.78, 5) is 19.3. The number of hydrogen-bond donors (Lipinski definition) is 0. The number of halogens is 1. The Morgan fingerprint density at radius 1 is 1.41 bits per heavy atom. The molecule has 0 aliphatic rings. The van der Waals surface area contributed by atoms with Crippen LogP contribution in [-0.2, 0) is 11.8 Å². The molecule has 0 spiro atoms. The molecule has 0 amide bonds. The van der Waals surface area contributed by atoms with Crippen molar-refractivity contribution in [3.05, 3.63) is 35.5 Å². The first-order valence-electron chi connectivity index (χ1n) is 4.84. The fraction of sp³-hybridized carbons (Fsp3) is 0.182. The van der Waals surface area contributed by atoms with Crippen LogP contribution in [-0.4, -0.2) is 27.6 Å². The Labute approximate surface area is 103 Å². The lowest BCUT2D eigenvalue weighted by molar-refractivity contribution is 0.0590. The minimum Gasteiger partial charge on any atom is -0.464 e. The van der Waals surface area contributed by atoms with Crippen LogP contribution in [0.3, 0.4) is 0 Å². The zero-order valence-electron chi connectivity index (χ0n) is 9.35. The molecule has 0 bridgehead atoms. The highest BCUT2D eigenvalue weighted by Gasteiger charge is 2.13. The highest BCUT2D eigenvalue weighted by Crippen LogP contribution is 2.21. The van der Waals surface area contributed by atoms with Gasteiger partial charge in [0, 0.05) is 24.9 Å². The molecule has 17 heavy (non-hydrogen) atoms. The van der Waals surface area contributed by atoms with Gasteiger partial charge in [-0.25, -0.2) is 14.8 Å². The first kappa shape index (κ1) is 11.6. The second-order valence-corrected chi connectivity index (χ2v) is 3.83. The van der Waals surface area contributed by atoms with Crippen LogP contribution in [0.2, 0.25) is 5.15 Å². The Kier molecular flexibility index (Phi) is 3.10. The van der Waals surface area contributed by atoms with Crippen molar-refractivity contribution in [2.24, 2.45) is 7.05 Å². The summed E-state index contributed by atoms with van der Waals surface area (Å²) in [5.41, 5.74) is 1.91. The third-order valence-corrected chi connectivity index (χ3v) is 2.54. The molecule has 0 radical (unpaired) electrons. The number of aromatic nitrogens is 3. The highest BCUT2D eigenvalue weighted by atomic mass is 35.5. The van der Waals surface area contributed by atoms with Gasteiger partial charge in [-0.3, -0.25) is 0 Å². The minimum absolute atomic E-state index is 0.360. The molecule has 2 heterocycles. The smallest absolute Gasteiger partial charge is 0.354 e. The maximum atomic E-state index is 11.4. The van der Waals surface area contributed by atoms with Crippen LogP contribution in [0.15, 0.2) is 24.7 Å². The Morgan fingerprint density at radius 2 is 2.18 bits per heavy atom. The zero-order chi connectivity index (χ0) is 12.4. The van der Waals surface area contributed by atoms with E-state index in [0.29, 0.717) is 16.5 Å². The largest absolute Gasteiger partial charge is 0.464 e. The number of hydrogen-bond acceptors (Lipinski definition) is 4. The van der Waals surface area contributed by atoms with Crippen molar-refractivity contribution < 1.29 is 9.53 Å². The van der Waals surface area contributed by atoms with Crippen LogP contribution in [0.1, 0.15) is 10.5 Å². The average Bonchev–Trinajstić information content (AvgIpc) is 2.70. The fourth-order valence-electron chi connectivity index (χ4n) is 1.50. The topological polar surface area (TPSA) is 57.0 Å². The van der Waals surface area contributed by atoms with Gasteiger partial charge in [-0.2, -0.15) is 0 Å². The molecule has 6 heteroatoms. The standard InChI is InChI=1S/C11H10ClN3O2/c1-15-5-7(3-9(15)11(16)17-2)8-4-10(12)14-6-13-8/h3-6H,1-2H3. The predicted octanol–water partition coefficient (Wildman–Crippen LogP) is 1.92. The fourth-order valence-corrected chi connectivity index (χ4v) is 1.65. The summed E-state index contributed by atoms with van der Waals surface area (Å²) in [6.45, 7) is 0. The second kappa shape index (κ2) is 4.55. The van der Waals surface area contributed by atoms with Gasteiger partial charge in [-0.15, -0.1) is 0 Å². The van der Waals surface area contributed by atoms with Gasteiger partial charge in [-0.1, -0.05) is 11.6 Å². The van der Waals surface area contributed by atoms with Crippen molar-refractivity contribution in [2.75, 3.05) is 7.11 Å². The number of carbonyl (C=O) groups is 1. The lowest BCUT2D eigenvalue weighted by Gasteiger charge is -1.98. The maximum absolute atomic E-state index is 11.4. The Balaban J connectivity index is 2.44. The summed E-state index contributed by atoms with van der Waals surface area (Å²) in [6, 6.07) is 3.34. The van der Waals surface area contributed by atoms with E-state index in [0.717, 1.165) is 5.56 Å². The minimum atomic E-state index is -0.390. The van der Waals surface area contributed by atoms with Crippen LogP contribution in [0.5, 0.6) is 0 Å². The van der Waals surface area contributed by atoms with Gasteiger partial charge < -0.3 is 9.30 Å². The lowest BCUT2D eigenvalue weighted by atomic mass is 10.2. The molecule has 0 aliphatic heterocycles. The Hall–Kier alpha value is -1.88. The molecule has 0 atom stereocenters. The SMILES string of the molecule is COC(=O)c1cc(-c2cc(Cl)ncn2)cn1C. The van der Waals surface area contributed by atoms with Gasteiger partial charge in [0.15, 0.2) is 0 Å². The average molecular weight is 252 g/mol. The number of carbonyl (C=O) groups excluding carboxylic acids is 1. The predicted molar refractivity (Wildman–Crippen MR) is 62.8 cm³/mol. The zero-order valence-corrected chi connectivity index (χ0v) is 10.1. The van der Waals surface area contributed by atoms with Gasteiger partial charge in [0.25, 0.3) is 0 Å². The molecule has 0 fully saturated rings. The van der Waals surface area contributed by atoms with Gasteiger partial charge in [0.2, 0.25) is 0 Å². The summed E-state index contributed by atoms with van der Waals surface area (Å²) >= 11 is 5.78. The number of aryl methyl sites for hydroxylation is 1. The van der Waals surface area contributed by atoms with Crippen molar-refractivity contribution in [1.29, 1.82) is 0 Å². The molecule has 0 aliphatic carbocycles. The first-order chi connectivity index (χ1) is 8.11. The van der Waals surface area contributed by atoms with E-state index in [2.05, 4.69) is 14.7 Å². The molecular formula is C11H10ClN3O2. The van der Waals surface area contributed by atoms with Crippen LogP contribution in [0.4, 0.5) is 0 Å². The maximum Gasteiger partial charge on any atom is 0.354 e. The number of nitrogens with zero attached hydrogens (tertiary/aromatic N) is 3. The number of esters is 1. The summed E-state index contributed by atoms with van der Waals surface area (Å²) in [5.74, 6) is -0.390. The van der Waals surface area contributed by atoms with E-state index in [4.69, 9.17) is 11.6 Å². The van der Waals surface area contributed by atoms with E-state index >= 15 is 0 Å². The van der Waals surface area contributed by atoms with Crippen molar-refractivity contribution in [1.82, 2.24) is 14.5 Å². The third kappa shape index (κ3) is 2.29. The quantitative estimate of drug-likeness (QED) is 0.604. The molecular weight excluding hydrogens is 242 g/mol. The Bertz CT molecular complexity index is 566. The third-order valence-electron chi connectivity index (χ3n) is 2.33. The molecule has 0 N–H and O–H groups in total. The summed E-state index contributed by atoms with van der Waals surface area (Å²) < 4.78 is 6.35. The van der Waals surface area contributed by atoms with E-state index in [1.807, 2.05) is 0 Å². The van der Waals surface area contributed by atoms with E-state index in [1.54, 1.807) is 29.9 Å². The van der Waals surface area contributed by atoms with E-state index in [9.17, 15) is 4.79 Å². The molecule has 5 nitrogen and oxygen atoms in total. The van der Waals surface area contributed by atoms with Crippen LogP contribution in [0, 0.1) is 0 Å². The molecule has 88 valence electrons. The van der Waals surface area contributed by atoms with Crippen molar-refractivity contribution in [3.63, 3.8) is 0 Å². The van der Waals surface area contributed by atoms with Crippen LogP contribution >= 0.6 is 11.6 Å². The van der Waals surface area contributed by atoms with Gasteiger partial charge >= 0.3 is 5.97 Å². The van der Waals surface area contributed by atoms with Gasteiger partial charge in [0.05, 0.1) is 12.8 Å². The monoisotopic (exact) mass is 251 g/mol. The normalized spacial score (nSPS) is 10.3. The van der Waals surface area contributed by atoms with E-state index in [1.165, 1.54) is 13.4 Å². The molecule has 0 unspecified atom stereocenters. The van der Waals surface area contributed by atoms with Crippen molar-refractivity contribution in [3.8, 4) is 11.3 Å². The highest BCUT2D eigenvalue weighted by molar-refractivity contribution is 6.29. The first-order valence-corrected chi connectivity index (χ1v) is 5.22. The number of rotatable bonds is 2. The number of ether oxygens (including phenoxy) is 1. The van der Waals surface area contributed by atoms with Crippen molar-refractivity contribution in [2.45, 2.75) is 0 Å². The molecule has 2 aromatic heterocycles. The van der Waals surface area contributed by atoms with Crippen molar-refractivity contribution >= 4 is 17.6 Å². The molecule has 2 rings (SSSR count). The summed E-state index contributed by atoms with van der Waals surface area (Å²) in [7, 11) is 3.11.